The van der Waals surface area contributed by atoms with E-state index in [4.69, 9.17) is 0 Å². The van der Waals surface area contributed by atoms with Gasteiger partial charge in [0.1, 0.15) is 0 Å². The fourth-order valence-electron chi connectivity index (χ4n) is 1.93. The monoisotopic (exact) mass is 225 g/mol. The van der Waals surface area contributed by atoms with Gasteiger partial charge >= 0.3 is 0 Å². The average Bonchev–Trinajstić information content (AvgIpc) is 2.66. The number of anilines is 1. The van der Waals surface area contributed by atoms with Crippen LogP contribution in [-0.4, -0.2) is 6.04 Å². The Morgan fingerprint density at radius 1 is 1.13 bits per heavy atom. The van der Waals surface area contributed by atoms with E-state index in [1.807, 2.05) is 0 Å². The minimum absolute atomic E-state index is 0.667. The van der Waals surface area contributed by atoms with Crippen LogP contribution in [0.15, 0.2) is 10.8 Å². The maximum Gasteiger partial charge on any atom is 0.0483 e. The first-order valence-electron chi connectivity index (χ1n) is 6.13. The summed E-state index contributed by atoms with van der Waals surface area (Å²) in [7, 11) is 0. The summed E-state index contributed by atoms with van der Waals surface area (Å²) in [6, 6.07) is 0.667. The van der Waals surface area contributed by atoms with Gasteiger partial charge in [-0.05, 0) is 30.2 Å². The molecule has 1 N–H and O–H groups in total. The van der Waals surface area contributed by atoms with Crippen LogP contribution in [0.3, 0.4) is 0 Å². The van der Waals surface area contributed by atoms with Crippen molar-refractivity contribution in [3.05, 3.63) is 16.3 Å². The van der Waals surface area contributed by atoms with Gasteiger partial charge in [-0.15, -0.1) is 11.3 Å². The molecule has 2 heteroatoms. The molecule has 0 saturated carbocycles. The van der Waals surface area contributed by atoms with Gasteiger partial charge in [0, 0.05) is 17.1 Å². The highest BCUT2D eigenvalue weighted by Crippen LogP contribution is 2.23. The first-order valence-corrected chi connectivity index (χ1v) is 7.07. The van der Waals surface area contributed by atoms with E-state index in [0.29, 0.717) is 6.04 Å². The molecule has 1 heterocycles. The second-order valence-electron chi connectivity index (χ2n) is 4.08. The van der Waals surface area contributed by atoms with Gasteiger partial charge in [-0.2, -0.15) is 0 Å². The summed E-state index contributed by atoms with van der Waals surface area (Å²) < 4.78 is 0. The van der Waals surface area contributed by atoms with Gasteiger partial charge < -0.3 is 5.32 Å². The summed E-state index contributed by atoms with van der Waals surface area (Å²) in [5.41, 5.74) is 2.84. The molecule has 0 aliphatic heterocycles. The van der Waals surface area contributed by atoms with Crippen LogP contribution in [0.1, 0.15) is 52.0 Å². The smallest absolute Gasteiger partial charge is 0.0483 e. The Kier molecular flexibility index (Phi) is 5.77. The van der Waals surface area contributed by atoms with Crippen molar-refractivity contribution in [2.45, 2.75) is 58.9 Å². The molecule has 86 valence electrons. The van der Waals surface area contributed by atoms with Crippen molar-refractivity contribution in [3.63, 3.8) is 0 Å². The number of nitrogens with one attached hydrogen (secondary N) is 1. The summed E-state index contributed by atoms with van der Waals surface area (Å²) >= 11 is 1.81. The molecule has 0 spiro atoms. The number of thiophene rings is 1. The van der Waals surface area contributed by atoms with E-state index in [-0.39, 0.29) is 0 Å². The van der Waals surface area contributed by atoms with Crippen LogP contribution in [0.25, 0.3) is 0 Å². The first kappa shape index (κ1) is 12.6. The Morgan fingerprint density at radius 2 is 1.80 bits per heavy atom. The van der Waals surface area contributed by atoms with Gasteiger partial charge in [-0.3, -0.25) is 0 Å². The molecule has 0 radical (unpaired) electrons. The molecule has 0 aliphatic carbocycles. The maximum atomic E-state index is 3.69. The zero-order valence-corrected chi connectivity index (χ0v) is 11.0. The van der Waals surface area contributed by atoms with Crippen LogP contribution < -0.4 is 5.32 Å². The largest absolute Gasteiger partial charge is 0.381 e. The Morgan fingerprint density at radius 3 is 2.33 bits per heavy atom. The van der Waals surface area contributed by atoms with Crippen molar-refractivity contribution in [1.29, 1.82) is 0 Å². The molecular formula is C13H23NS. The van der Waals surface area contributed by atoms with Gasteiger partial charge in [-0.25, -0.2) is 0 Å². The molecule has 0 aromatic carbocycles. The lowest BCUT2D eigenvalue weighted by atomic mass is 10.1. The third-order valence-corrected chi connectivity index (χ3v) is 3.55. The van der Waals surface area contributed by atoms with Crippen LogP contribution in [0.4, 0.5) is 5.69 Å². The first-order chi connectivity index (χ1) is 7.31. The highest BCUT2D eigenvalue weighted by molar-refractivity contribution is 7.08. The SMILES string of the molecule is CCCC(CCC)Nc1cscc1CC. The molecule has 1 rings (SSSR count). The molecular weight excluding hydrogens is 202 g/mol. The molecule has 0 fully saturated rings. The van der Waals surface area contributed by atoms with E-state index in [2.05, 4.69) is 36.8 Å². The predicted molar refractivity (Wildman–Crippen MR) is 70.9 cm³/mol. The van der Waals surface area contributed by atoms with Crippen LogP contribution in [0, 0.1) is 0 Å². The van der Waals surface area contributed by atoms with E-state index in [0.717, 1.165) is 6.42 Å². The lowest BCUT2D eigenvalue weighted by Crippen LogP contribution is -2.19. The summed E-state index contributed by atoms with van der Waals surface area (Å²) in [5, 5.41) is 8.20. The summed E-state index contributed by atoms with van der Waals surface area (Å²) in [6.45, 7) is 6.75. The fraction of sp³-hybridized carbons (Fsp3) is 0.692. The van der Waals surface area contributed by atoms with Crippen molar-refractivity contribution in [2.75, 3.05) is 5.32 Å². The molecule has 0 aliphatic rings. The van der Waals surface area contributed by atoms with Crippen molar-refractivity contribution in [3.8, 4) is 0 Å². The Hall–Kier alpha value is -0.500. The normalized spacial score (nSPS) is 10.9. The Labute approximate surface area is 97.9 Å². The number of rotatable bonds is 7. The summed E-state index contributed by atoms with van der Waals surface area (Å²) in [4.78, 5) is 0. The van der Waals surface area contributed by atoms with Gasteiger partial charge in [-0.1, -0.05) is 33.6 Å². The van der Waals surface area contributed by atoms with E-state index in [9.17, 15) is 0 Å². The highest BCUT2D eigenvalue weighted by Gasteiger charge is 2.09. The van der Waals surface area contributed by atoms with E-state index < -0.39 is 0 Å². The van der Waals surface area contributed by atoms with Crippen LogP contribution in [-0.2, 0) is 6.42 Å². The predicted octanol–water partition coefficient (Wildman–Crippen LogP) is 4.69. The maximum absolute atomic E-state index is 3.69. The van der Waals surface area contributed by atoms with Crippen LogP contribution in [0.2, 0.25) is 0 Å². The van der Waals surface area contributed by atoms with Crippen LogP contribution in [0.5, 0.6) is 0 Å². The molecule has 0 amide bonds. The van der Waals surface area contributed by atoms with Crippen molar-refractivity contribution in [1.82, 2.24) is 0 Å². The molecule has 0 atom stereocenters. The molecule has 1 aromatic rings. The molecule has 0 bridgehead atoms. The Balaban J connectivity index is 2.56. The zero-order chi connectivity index (χ0) is 11.1. The van der Waals surface area contributed by atoms with E-state index in [1.165, 1.54) is 36.9 Å². The second-order valence-corrected chi connectivity index (χ2v) is 4.83. The van der Waals surface area contributed by atoms with Gasteiger partial charge in [0.2, 0.25) is 0 Å². The van der Waals surface area contributed by atoms with Crippen molar-refractivity contribution in [2.24, 2.45) is 0 Å². The van der Waals surface area contributed by atoms with Crippen molar-refractivity contribution < 1.29 is 0 Å². The number of hydrogen-bond donors (Lipinski definition) is 1. The highest BCUT2D eigenvalue weighted by atomic mass is 32.1. The average molecular weight is 225 g/mol. The quantitative estimate of drug-likeness (QED) is 0.709. The topological polar surface area (TPSA) is 12.0 Å². The lowest BCUT2D eigenvalue weighted by molar-refractivity contribution is 0.586. The molecule has 15 heavy (non-hydrogen) atoms. The lowest BCUT2D eigenvalue weighted by Gasteiger charge is -2.18. The van der Waals surface area contributed by atoms with Gasteiger partial charge in [0.15, 0.2) is 0 Å². The van der Waals surface area contributed by atoms with Gasteiger partial charge in [0.25, 0.3) is 0 Å². The van der Waals surface area contributed by atoms with Gasteiger partial charge in [0.05, 0.1) is 0 Å². The minimum atomic E-state index is 0.667. The summed E-state index contributed by atoms with van der Waals surface area (Å²) in [5.74, 6) is 0. The number of aryl methyl sites for hydroxylation is 1. The third kappa shape index (κ3) is 3.86. The number of hydrogen-bond acceptors (Lipinski definition) is 2. The standard InChI is InChI=1S/C13H23NS/c1-4-7-12(8-5-2)14-13-10-15-9-11(13)6-3/h9-10,12,14H,4-8H2,1-3H3. The molecule has 1 nitrogen and oxygen atoms in total. The van der Waals surface area contributed by atoms with Crippen molar-refractivity contribution >= 4 is 17.0 Å². The second kappa shape index (κ2) is 6.89. The summed E-state index contributed by atoms with van der Waals surface area (Å²) in [6.07, 6.45) is 6.24. The zero-order valence-electron chi connectivity index (χ0n) is 10.2. The molecule has 0 saturated heterocycles. The fourth-order valence-corrected chi connectivity index (χ4v) is 2.81. The van der Waals surface area contributed by atoms with Crippen LogP contribution >= 0.6 is 11.3 Å². The Bertz CT molecular complexity index is 261. The third-order valence-electron chi connectivity index (χ3n) is 2.76. The van der Waals surface area contributed by atoms with E-state index in [1.54, 1.807) is 11.3 Å². The minimum Gasteiger partial charge on any atom is -0.381 e. The molecule has 1 aromatic heterocycles. The van der Waals surface area contributed by atoms with E-state index >= 15 is 0 Å². The molecule has 0 unspecified atom stereocenters.